The summed E-state index contributed by atoms with van der Waals surface area (Å²) < 4.78 is 0.906. The van der Waals surface area contributed by atoms with Gasteiger partial charge in [-0.2, -0.15) is 16.7 Å². The van der Waals surface area contributed by atoms with E-state index in [2.05, 4.69) is 49.7 Å². The standard InChI is InChI=1S/C11H19BrN4S/c1-3-5-14-11-15-8-9(12)10(16-11)13-6-4-7-17-2/h8H,3-7H2,1-2H3,(H2,13,14,15,16). The highest BCUT2D eigenvalue weighted by Gasteiger charge is 2.03. The van der Waals surface area contributed by atoms with Gasteiger partial charge in [0.25, 0.3) is 0 Å². The van der Waals surface area contributed by atoms with E-state index in [1.807, 2.05) is 11.8 Å². The zero-order chi connectivity index (χ0) is 12.5. The number of hydrogen-bond acceptors (Lipinski definition) is 5. The van der Waals surface area contributed by atoms with E-state index < -0.39 is 0 Å². The van der Waals surface area contributed by atoms with Crippen LogP contribution in [0.15, 0.2) is 10.7 Å². The number of nitrogens with zero attached hydrogens (tertiary/aromatic N) is 2. The van der Waals surface area contributed by atoms with Gasteiger partial charge in [-0.15, -0.1) is 0 Å². The first kappa shape index (κ1) is 14.6. The molecule has 0 bridgehead atoms. The third-order valence-electron chi connectivity index (χ3n) is 2.09. The average Bonchev–Trinajstić information content (AvgIpc) is 2.35. The van der Waals surface area contributed by atoms with Crippen LogP contribution < -0.4 is 10.6 Å². The lowest BCUT2D eigenvalue weighted by atomic mass is 10.4. The fourth-order valence-electron chi connectivity index (χ4n) is 1.24. The molecule has 1 heterocycles. The lowest BCUT2D eigenvalue weighted by Gasteiger charge is -2.09. The van der Waals surface area contributed by atoms with Crippen molar-refractivity contribution in [2.45, 2.75) is 19.8 Å². The molecule has 0 spiro atoms. The van der Waals surface area contributed by atoms with Gasteiger partial charge in [-0.05, 0) is 40.8 Å². The molecule has 1 rings (SSSR count). The van der Waals surface area contributed by atoms with Crippen LogP contribution in [0.1, 0.15) is 19.8 Å². The minimum Gasteiger partial charge on any atom is -0.369 e. The van der Waals surface area contributed by atoms with Gasteiger partial charge in [0.2, 0.25) is 5.95 Å². The Labute approximate surface area is 116 Å². The molecule has 2 N–H and O–H groups in total. The molecule has 17 heavy (non-hydrogen) atoms. The van der Waals surface area contributed by atoms with E-state index in [9.17, 15) is 0 Å². The molecule has 4 nitrogen and oxygen atoms in total. The number of hydrogen-bond donors (Lipinski definition) is 2. The van der Waals surface area contributed by atoms with Gasteiger partial charge in [0.1, 0.15) is 5.82 Å². The van der Waals surface area contributed by atoms with E-state index in [1.54, 1.807) is 6.20 Å². The number of rotatable bonds is 8. The Morgan fingerprint density at radius 2 is 2.18 bits per heavy atom. The maximum atomic E-state index is 4.42. The van der Waals surface area contributed by atoms with Crippen LogP contribution in [0.25, 0.3) is 0 Å². The maximum Gasteiger partial charge on any atom is 0.224 e. The van der Waals surface area contributed by atoms with Crippen LogP contribution in [-0.2, 0) is 0 Å². The summed E-state index contributed by atoms with van der Waals surface area (Å²) in [5.74, 6) is 2.71. The first-order valence-electron chi connectivity index (χ1n) is 5.77. The van der Waals surface area contributed by atoms with E-state index in [4.69, 9.17) is 0 Å². The predicted molar refractivity (Wildman–Crippen MR) is 80.0 cm³/mol. The van der Waals surface area contributed by atoms with Gasteiger partial charge in [0.05, 0.1) is 4.47 Å². The lowest BCUT2D eigenvalue weighted by Crippen LogP contribution is -2.09. The number of anilines is 2. The van der Waals surface area contributed by atoms with Gasteiger partial charge in [0.15, 0.2) is 0 Å². The Bertz CT molecular complexity index is 335. The van der Waals surface area contributed by atoms with E-state index in [0.29, 0.717) is 5.95 Å². The van der Waals surface area contributed by atoms with Crippen LogP contribution in [0.4, 0.5) is 11.8 Å². The molecule has 0 atom stereocenters. The molecule has 0 aliphatic carbocycles. The molecular weight excluding hydrogens is 300 g/mol. The Morgan fingerprint density at radius 1 is 1.35 bits per heavy atom. The van der Waals surface area contributed by atoms with Crippen LogP contribution in [0.5, 0.6) is 0 Å². The molecule has 0 aromatic carbocycles. The largest absolute Gasteiger partial charge is 0.369 e. The number of thioether (sulfide) groups is 1. The van der Waals surface area contributed by atoms with Crippen molar-refractivity contribution in [1.29, 1.82) is 0 Å². The molecule has 0 saturated carbocycles. The second-order valence-corrected chi connectivity index (χ2v) is 5.43. The topological polar surface area (TPSA) is 49.8 Å². The van der Waals surface area contributed by atoms with Crippen molar-refractivity contribution in [2.24, 2.45) is 0 Å². The molecule has 1 aromatic rings. The van der Waals surface area contributed by atoms with Crippen LogP contribution in [0.2, 0.25) is 0 Å². The van der Waals surface area contributed by atoms with E-state index in [0.717, 1.165) is 42.0 Å². The Hall–Kier alpha value is -0.490. The quantitative estimate of drug-likeness (QED) is 0.721. The summed E-state index contributed by atoms with van der Waals surface area (Å²) in [6, 6.07) is 0. The molecule has 0 radical (unpaired) electrons. The fraction of sp³-hybridized carbons (Fsp3) is 0.636. The Morgan fingerprint density at radius 3 is 2.88 bits per heavy atom. The highest BCUT2D eigenvalue weighted by Crippen LogP contribution is 2.20. The molecule has 0 amide bonds. The maximum absolute atomic E-state index is 4.42. The number of nitrogens with one attached hydrogen (secondary N) is 2. The normalized spacial score (nSPS) is 10.3. The number of halogens is 1. The van der Waals surface area contributed by atoms with Crippen molar-refractivity contribution >= 4 is 39.5 Å². The summed E-state index contributed by atoms with van der Waals surface area (Å²) in [4.78, 5) is 8.63. The minimum atomic E-state index is 0.683. The highest BCUT2D eigenvalue weighted by atomic mass is 79.9. The monoisotopic (exact) mass is 318 g/mol. The van der Waals surface area contributed by atoms with Gasteiger partial charge in [-0.3, -0.25) is 0 Å². The Balaban J connectivity index is 2.50. The molecule has 0 unspecified atom stereocenters. The van der Waals surface area contributed by atoms with Crippen LogP contribution in [-0.4, -0.2) is 35.1 Å². The molecule has 0 fully saturated rings. The fourth-order valence-corrected chi connectivity index (χ4v) is 2.00. The van der Waals surface area contributed by atoms with Crippen molar-refractivity contribution in [2.75, 3.05) is 35.7 Å². The van der Waals surface area contributed by atoms with Gasteiger partial charge < -0.3 is 10.6 Å². The van der Waals surface area contributed by atoms with Gasteiger partial charge in [-0.1, -0.05) is 6.92 Å². The van der Waals surface area contributed by atoms with Crippen LogP contribution in [0, 0.1) is 0 Å². The minimum absolute atomic E-state index is 0.683. The van der Waals surface area contributed by atoms with E-state index in [1.165, 1.54) is 0 Å². The third kappa shape index (κ3) is 5.59. The molecule has 1 aromatic heterocycles. The summed E-state index contributed by atoms with van der Waals surface area (Å²) in [5, 5.41) is 6.49. The Kier molecular flexibility index (Phi) is 7.35. The van der Waals surface area contributed by atoms with Crippen LogP contribution in [0.3, 0.4) is 0 Å². The molecule has 6 heteroatoms. The van der Waals surface area contributed by atoms with E-state index in [-0.39, 0.29) is 0 Å². The zero-order valence-electron chi connectivity index (χ0n) is 10.3. The summed E-state index contributed by atoms with van der Waals surface area (Å²) in [6.45, 7) is 3.95. The molecule has 0 aliphatic rings. The molecule has 0 saturated heterocycles. The van der Waals surface area contributed by atoms with Crippen LogP contribution >= 0.6 is 27.7 Å². The first-order valence-corrected chi connectivity index (χ1v) is 7.95. The van der Waals surface area contributed by atoms with Crippen molar-refractivity contribution in [3.8, 4) is 0 Å². The van der Waals surface area contributed by atoms with Gasteiger partial charge in [-0.25, -0.2) is 4.98 Å². The van der Waals surface area contributed by atoms with Crippen molar-refractivity contribution in [3.63, 3.8) is 0 Å². The average molecular weight is 319 g/mol. The first-order chi connectivity index (χ1) is 8.27. The summed E-state index contributed by atoms with van der Waals surface area (Å²) in [7, 11) is 0. The van der Waals surface area contributed by atoms with Gasteiger partial charge in [0, 0.05) is 19.3 Å². The molecule has 0 aliphatic heterocycles. The highest BCUT2D eigenvalue weighted by molar-refractivity contribution is 9.10. The summed E-state index contributed by atoms with van der Waals surface area (Å²) >= 11 is 5.31. The SMILES string of the molecule is CCCNc1ncc(Br)c(NCCCSC)n1. The summed E-state index contributed by atoms with van der Waals surface area (Å²) in [5.41, 5.74) is 0. The van der Waals surface area contributed by atoms with Crippen molar-refractivity contribution in [1.82, 2.24) is 9.97 Å². The molecular formula is C11H19BrN4S. The van der Waals surface area contributed by atoms with Crippen molar-refractivity contribution < 1.29 is 0 Å². The third-order valence-corrected chi connectivity index (χ3v) is 3.37. The smallest absolute Gasteiger partial charge is 0.224 e. The lowest BCUT2D eigenvalue weighted by molar-refractivity contribution is 0.941. The van der Waals surface area contributed by atoms with Gasteiger partial charge >= 0.3 is 0 Å². The summed E-state index contributed by atoms with van der Waals surface area (Å²) in [6.07, 6.45) is 6.10. The zero-order valence-corrected chi connectivity index (χ0v) is 12.7. The van der Waals surface area contributed by atoms with E-state index >= 15 is 0 Å². The van der Waals surface area contributed by atoms with Crippen molar-refractivity contribution in [3.05, 3.63) is 10.7 Å². The molecule has 96 valence electrons. The second-order valence-electron chi connectivity index (χ2n) is 3.59. The predicted octanol–water partition coefficient (Wildman–Crippen LogP) is 3.23. The number of aromatic nitrogens is 2. The second kappa shape index (κ2) is 8.58.